The summed E-state index contributed by atoms with van der Waals surface area (Å²) in [6.45, 7) is 2.65. The Balaban J connectivity index is 1.83. The molecule has 4 heterocycles. The van der Waals surface area contributed by atoms with E-state index in [1.165, 1.54) is 16.2 Å². The first-order valence-corrected chi connectivity index (χ1v) is 10.3. The van der Waals surface area contributed by atoms with Crippen molar-refractivity contribution in [3.8, 4) is 11.3 Å². The zero-order valence-corrected chi connectivity index (χ0v) is 16.4. The lowest BCUT2D eigenvalue weighted by Crippen LogP contribution is -2.17. The fraction of sp³-hybridized carbons (Fsp3) is 0.222. The molecule has 3 N–H and O–H groups in total. The number of thiazole rings is 1. The van der Waals surface area contributed by atoms with Crippen LogP contribution in [0.5, 0.6) is 0 Å². The van der Waals surface area contributed by atoms with Gasteiger partial charge in [0.05, 0.1) is 22.5 Å². The Morgan fingerprint density at radius 2 is 2.31 bits per heavy atom. The Morgan fingerprint density at radius 1 is 1.42 bits per heavy atom. The topological polar surface area (TPSA) is 77.0 Å². The lowest BCUT2D eigenvalue weighted by atomic mass is 10.1. The highest BCUT2D eigenvalue weighted by Gasteiger charge is 2.22. The molecule has 0 saturated carbocycles. The van der Waals surface area contributed by atoms with Gasteiger partial charge < -0.3 is 15.5 Å². The first-order valence-electron chi connectivity index (χ1n) is 8.14. The number of hydrogen-bond acceptors (Lipinski definition) is 7. The third kappa shape index (κ3) is 3.48. The van der Waals surface area contributed by atoms with Crippen LogP contribution in [-0.2, 0) is 13.0 Å². The average molecular weight is 405 g/mol. The molecule has 0 aliphatic carbocycles. The maximum atomic E-state index is 6.30. The summed E-state index contributed by atoms with van der Waals surface area (Å²) in [5.41, 5.74) is 11.7. The molecule has 0 aliphatic rings. The molecule has 134 valence electrons. The van der Waals surface area contributed by atoms with Gasteiger partial charge >= 0.3 is 0 Å². The molecule has 0 radical (unpaired) electrons. The molecule has 0 aromatic carbocycles. The molecule has 8 heteroatoms. The van der Waals surface area contributed by atoms with Crippen LogP contribution < -0.4 is 11.1 Å². The number of anilines is 1. The van der Waals surface area contributed by atoms with Crippen molar-refractivity contribution in [3.05, 3.63) is 50.3 Å². The summed E-state index contributed by atoms with van der Waals surface area (Å²) in [6.07, 6.45) is 0.602. The fourth-order valence-corrected chi connectivity index (χ4v) is 4.23. The van der Waals surface area contributed by atoms with Crippen molar-refractivity contribution in [2.75, 3.05) is 5.32 Å². The number of thiophene rings is 1. The van der Waals surface area contributed by atoms with Crippen LogP contribution in [0.1, 0.15) is 17.6 Å². The highest BCUT2D eigenvalue weighted by molar-refractivity contribution is 7.09. The Morgan fingerprint density at radius 3 is 3.00 bits per heavy atom. The van der Waals surface area contributed by atoms with Crippen molar-refractivity contribution in [1.29, 1.82) is 0 Å². The molecule has 1 atom stereocenters. The van der Waals surface area contributed by atoms with Gasteiger partial charge in [0, 0.05) is 35.3 Å². The highest BCUT2D eigenvalue weighted by atomic mass is 35.5. The summed E-state index contributed by atoms with van der Waals surface area (Å²) >= 11 is 9.53. The van der Waals surface area contributed by atoms with Crippen LogP contribution in [0.3, 0.4) is 0 Å². The highest BCUT2D eigenvalue weighted by Crippen LogP contribution is 2.38. The van der Waals surface area contributed by atoms with Crippen molar-refractivity contribution in [1.82, 2.24) is 9.97 Å². The van der Waals surface area contributed by atoms with E-state index in [9.17, 15) is 0 Å². The molecule has 0 fully saturated rings. The molecule has 26 heavy (non-hydrogen) atoms. The number of hydrogen-bond donors (Lipinski definition) is 2. The quantitative estimate of drug-likeness (QED) is 0.433. The van der Waals surface area contributed by atoms with Crippen LogP contribution in [0.25, 0.3) is 22.4 Å². The van der Waals surface area contributed by atoms with Gasteiger partial charge in [0.25, 0.3) is 0 Å². The van der Waals surface area contributed by atoms with Gasteiger partial charge in [-0.25, -0.2) is 9.97 Å². The number of nitrogens with one attached hydrogen (secondary N) is 1. The first kappa shape index (κ1) is 17.5. The normalized spacial score (nSPS) is 12.6. The maximum Gasteiger partial charge on any atom is 0.176 e. The zero-order valence-electron chi connectivity index (χ0n) is 14.0. The molecule has 4 aromatic heterocycles. The van der Waals surface area contributed by atoms with Crippen molar-refractivity contribution >= 4 is 51.1 Å². The molecule has 5 nitrogen and oxygen atoms in total. The number of aromatic nitrogens is 2. The molecule has 0 spiro atoms. The van der Waals surface area contributed by atoms with Gasteiger partial charge in [0.1, 0.15) is 16.4 Å². The van der Waals surface area contributed by atoms with E-state index in [2.05, 4.69) is 26.7 Å². The van der Waals surface area contributed by atoms with Gasteiger partial charge in [-0.15, -0.1) is 22.7 Å². The Kier molecular flexibility index (Phi) is 4.95. The van der Waals surface area contributed by atoms with Crippen LogP contribution in [0, 0.1) is 0 Å². The Hall–Kier alpha value is -1.93. The average Bonchev–Trinajstić information content (AvgIpc) is 3.32. The van der Waals surface area contributed by atoms with Crippen molar-refractivity contribution in [3.63, 3.8) is 0 Å². The molecule has 0 amide bonds. The minimum atomic E-state index is -0.0362. The second kappa shape index (κ2) is 7.36. The van der Waals surface area contributed by atoms with Gasteiger partial charge in [0.2, 0.25) is 0 Å². The second-order valence-electron chi connectivity index (χ2n) is 6.06. The van der Waals surface area contributed by atoms with Crippen molar-refractivity contribution < 1.29 is 4.42 Å². The number of nitrogens with zero attached hydrogens (tertiary/aromatic N) is 2. The van der Waals surface area contributed by atoms with Crippen LogP contribution in [0.2, 0.25) is 5.15 Å². The lowest BCUT2D eigenvalue weighted by Gasteiger charge is -2.06. The number of rotatable bonds is 6. The number of halogens is 1. The van der Waals surface area contributed by atoms with E-state index in [0.717, 1.165) is 22.7 Å². The van der Waals surface area contributed by atoms with Gasteiger partial charge in [-0.3, -0.25) is 0 Å². The van der Waals surface area contributed by atoms with Gasteiger partial charge in [-0.05, 0) is 18.4 Å². The molecule has 4 rings (SSSR count). The molecular weight excluding hydrogens is 388 g/mol. The van der Waals surface area contributed by atoms with E-state index < -0.39 is 0 Å². The number of pyridine rings is 1. The van der Waals surface area contributed by atoms with E-state index in [0.29, 0.717) is 29.2 Å². The molecule has 0 unspecified atom stereocenters. The van der Waals surface area contributed by atoms with Gasteiger partial charge in [-0.1, -0.05) is 17.7 Å². The molecule has 0 saturated heterocycles. The SMILES string of the molecule is C[C@H](N)Cc1oc2c(NCc3cccs3)cc(Cl)nc2c1-c1cscn1. The molecular formula is C18H17ClN4OS2. The van der Waals surface area contributed by atoms with E-state index in [1.807, 2.05) is 18.4 Å². The van der Waals surface area contributed by atoms with E-state index in [4.69, 9.17) is 21.8 Å². The summed E-state index contributed by atoms with van der Waals surface area (Å²) in [5, 5.41) is 7.86. The summed E-state index contributed by atoms with van der Waals surface area (Å²) in [4.78, 5) is 10.2. The predicted molar refractivity (Wildman–Crippen MR) is 109 cm³/mol. The number of fused-ring (bicyclic) bond motifs is 1. The monoisotopic (exact) mass is 404 g/mol. The minimum Gasteiger partial charge on any atom is -0.456 e. The predicted octanol–water partition coefficient (Wildman–Crippen LogP) is 5.17. The lowest BCUT2D eigenvalue weighted by molar-refractivity contribution is 0.527. The molecule has 0 bridgehead atoms. The van der Waals surface area contributed by atoms with Crippen LogP contribution in [0.4, 0.5) is 5.69 Å². The maximum absolute atomic E-state index is 6.30. The Labute approximate surface area is 163 Å². The van der Waals surface area contributed by atoms with Crippen LogP contribution in [-0.4, -0.2) is 16.0 Å². The van der Waals surface area contributed by atoms with Crippen LogP contribution in [0.15, 0.2) is 38.9 Å². The van der Waals surface area contributed by atoms with Crippen LogP contribution >= 0.6 is 34.3 Å². The first-order chi connectivity index (χ1) is 12.6. The summed E-state index contributed by atoms with van der Waals surface area (Å²) < 4.78 is 6.19. The summed E-state index contributed by atoms with van der Waals surface area (Å²) in [7, 11) is 0. The number of furan rings is 1. The van der Waals surface area contributed by atoms with Gasteiger partial charge in [-0.2, -0.15) is 0 Å². The van der Waals surface area contributed by atoms with E-state index in [1.54, 1.807) is 22.9 Å². The zero-order chi connectivity index (χ0) is 18.1. The summed E-state index contributed by atoms with van der Waals surface area (Å²) in [6, 6.07) is 5.87. The minimum absolute atomic E-state index is 0.0362. The second-order valence-corrected chi connectivity index (χ2v) is 8.20. The third-order valence-corrected chi connectivity index (χ3v) is 5.57. The molecule has 0 aliphatic heterocycles. The van der Waals surface area contributed by atoms with Crippen molar-refractivity contribution in [2.45, 2.75) is 25.9 Å². The third-order valence-electron chi connectivity index (χ3n) is 3.91. The largest absolute Gasteiger partial charge is 0.456 e. The number of nitrogens with two attached hydrogens (primary N) is 1. The fourth-order valence-electron chi connectivity index (χ4n) is 2.84. The van der Waals surface area contributed by atoms with E-state index >= 15 is 0 Å². The Bertz CT molecular complexity index is 1010. The van der Waals surface area contributed by atoms with Crippen molar-refractivity contribution in [2.24, 2.45) is 5.73 Å². The smallest absolute Gasteiger partial charge is 0.176 e. The standard InChI is InChI=1S/C18H17ClN4OS2/c1-10(20)5-14-16(13-8-25-9-22-13)17-18(24-14)12(6-15(19)23-17)21-7-11-3-2-4-26-11/h2-4,6,8-10H,5,7,20H2,1H3,(H,21,23)/t10-/m0/s1. The van der Waals surface area contributed by atoms with Gasteiger partial charge in [0.15, 0.2) is 5.58 Å². The summed E-state index contributed by atoms with van der Waals surface area (Å²) in [5.74, 6) is 0.787. The molecule has 4 aromatic rings. The van der Waals surface area contributed by atoms with E-state index in [-0.39, 0.29) is 6.04 Å².